The van der Waals surface area contributed by atoms with E-state index >= 15 is 0 Å². The molecule has 4 nitrogen and oxygen atoms in total. The minimum absolute atomic E-state index is 0. The van der Waals surface area contributed by atoms with Crippen LogP contribution < -0.4 is 24.0 Å². The van der Waals surface area contributed by atoms with Gasteiger partial charge < -0.3 is 14.6 Å². The molecule has 1 aromatic heterocycles. The van der Waals surface area contributed by atoms with Gasteiger partial charge in [-0.25, -0.2) is 0 Å². The molecule has 0 spiro atoms. The summed E-state index contributed by atoms with van der Waals surface area (Å²) in [6.45, 7) is 0.431. The number of ether oxygens (including phenoxy) is 1. The summed E-state index contributed by atoms with van der Waals surface area (Å²) in [6, 6.07) is 3.03. The van der Waals surface area contributed by atoms with Gasteiger partial charge in [0.2, 0.25) is 0 Å². The van der Waals surface area contributed by atoms with Gasteiger partial charge in [0.25, 0.3) is 0 Å². The first-order chi connectivity index (χ1) is 5.74. The average molecular weight is 173 g/mol. The first kappa shape index (κ1) is 12.2. The Labute approximate surface area is 88.1 Å². The molecule has 0 aliphatic carbocycles. The summed E-state index contributed by atoms with van der Waals surface area (Å²) in [6.07, 6.45) is 1.45. The number of carbonyl (C=O) groups is 1. The number of carboxylic acids is 1. The van der Waals surface area contributed by atoms with Crippen molar-refractivity contribution in [2.24, 2.45) is 0 Å². The molecule has 0 saturated carbocycles. The van der Waals surface area contributed by atoms with Crippen molar-refractivity contribution in [1.82, 2.24) is 4.98 Å². The predicted octanol–water partition coefficient (Wildman–Crippen LogP) is -3.40. The van der Waals surface area contributed by atoms with Crippen LogP contribution in [0.3, 0.4) is 0 Å². The molecule has 1 aromatic rings. The summed E-state index contributed by atoms with van der Waals surface area (Å²) >= 11 is 0. The molecule has 13 heavy (non-hydrogen) atoms. The third kappa shape index (κ3) is 3.60. The molecule has 64 valence electrons. The van der Waals surface area contributed by atoms with E-state index in [9.17, 15) is 9.90 Å². The number of aromatic nitrogens is 1. The molecule has 0 aliphatic rings. The van der Waals surface area contributed by atoms with Crippen LogP contribution in [0.1, 0.15) is 16.1 Å². The van der Waals surface area contributed by atoms with Gasteiger partial charge in [-0.3, -0.25) is 4.98 Å². The maximum Gasteiger partial charge on any atom is 1.00 e. The van der Waals surface area contributed by atoms with Crippen molar-refractivity contribution in [3.05, 3.63) is 29.6 Å². The molecule has 0 N–H and O–H groups in total. The van der Waals surface area contributed by atoms with E-state index in [4.69, 9.17) is 4.74 Å². The van der Waals surface area contributed by atoms with Gasteiger partial charge in [-0.2, -0.15) is 0 Å². The van der Waals surface area contributed by atoms with E-state index in [1.165, 1.54) is 12.3 Å². The van der Waals surface area contributed by atoms with E-state index < -0.39 is 5.97 Å². The molecule has 0 radical (unpaired) electrons. The molecule has 0 amide bonds. The fourth-order valence-corrected chi connectivity index (χ4v) is 0.797. The van der Waals surface area contributed by atoms with Crippen molar-refractivity contribution in [3.8, 4) is 0 Å². The molecule has 0 aromatic carbocycles. The monoisotopic (exact) mass is 173 g/mol. The number of carboxylic acid groups (broad SMARTS) is 1. The van der Waals surface area contributed by atoms with E-state index in [0.717, 1.165) is 5.56 Å². The number of methoxy groups -OCH3 is 1. The van der Waals surface area contributed by atoms with E-state index in [-0.39, 0.29) is 24.6 Å². The summed E-state index contributed by atoms with van der Waals surface area (Å²) in [4.78, 5) is 13.9. The molecule has 1 heterocycles. The third-order valence-electron chi connectivity index (χ3n) is 1.34. The van der Waals surface area contributed by atoms with Crippen LogP contribution in [0, 0.1) is 0 Å². The molecule has 0 bridgehead atoms. The Kier molecular flexibility index (Phi) is 5.40. The fourth-order valence-electron chi connectivity index (χ4n) is 0.797. The van der Waals surface area contributed by atoms with Gasteiger partial charge in [-0.05, 0) is 11.6 Å². The Morgan fingerprint density at radius 3 is 2.69 bits per heavy atom. The van der Waals surface area contributed by atoms with Gasteiger partial charge in [0.05, 0.1) is 18.3 Å². The average Bonchev–Trinajstić information content (AvgIpc) is 2.06. The maximum atomic E-state index is 10.3. The van der Waals surface area contributed by atoms with Crippen molar-refractivity contribution in [2.45, 2.75) is 6.61 Å². The summed E-state index contributed by atoms with van der Waals surface area (Å²) in [5, 5.41) is 10.3. The first-order valence-electron chi connectivity index (χ1n) is 3.39. The van der Waals surface area contributed by atoms with E-state index in [2.05, 4.69) is 4.98 Å². The van der Waals surface area contributed by atoms with Gasteiger partial charge in [0.15, 0.2) is 0 Å². The standard InChI is InChI=1S/C8H9NO3.Li/c1-12-5-6-2-3-7(8(10)11)9-4-6;/h2-4H,5H2,1H3,(H,10,11);/q;+1/p-1. The van der Waals surface area contributed by atoms with Gasteiger partial charge in [0.1, 0.15) is 0 Å². The largest absolute Gasteiger partial charge is 1.00 e. The van der Waals surface area contributed by atoms with Crippen LogP contribution in [0.15, 0.2) is 18.3 Å². The Bertz CT molecular complexity index is 273. The minimum Gasteiger partial charge on any atom is -0.543 e. The smallest absolute Gasteiger partial charge is 0.543 e. The number of nitrogens with zero attached hydrogens (tertiary/aromatic N) is 1. The Hall–Kier alpha value is -0.823. The summed E-state index contributed by atoms with van der Waals surface area (Å²) < 4.78 is 4.83. The van der Waals surface area contributed by atoms with E-state index in [1.54, 1.807) is 13.2 Å². The van der Waals surface area contributed by atoms with E-state index in [0.29, 0.717) is 6.61 Å². The Morgan fingerprint density at radius 2 is 2.31 bits per heavy atom. The number of rotatable bonds is 3. The van der Waals surface area contributed by atoms with Crippen molar-refractivity contribution in [3.63, 3.8) is 0 Å². The Balaban J connectivity index is 0.00000144. The quantitative estimate of drug-likeness (QED) is 0.447. The Morgan fingerprint density at radius 1 is 1.62 bits per heavy atom. The minimum atomic E-state index is -1.26. The molecular formula is C8H8LiNO3. The second-order valence-electron chi connectivity index (χ2n) is 2.27. The fraction of sp³-hybridized carbons (Fsp3) is 0.250. The SMILES string of the molecule is COCc1ccc(C(=O)[O-])nc1.[Li+]. The van der Waals surface area contributed by atoms with Crippen molar-refractivity contribution in [2.75, 3.05) is 7.11 Å². The zero-order valence-corrected chi connectivity index (χ0v) is 7.61. The molecule has 0 aliphatic heterocycles. The molecule has 0 unspecified atom stereocenters. The maximum absolute atomic E-state index is 10.3. The van der Waals surface area contributed by atoms with Gasteiger partial charge in [0, 0.05) is 13.3 Å². The van der Waals surface area contributed by atoms with Crippen LogP contribution in [0.25, 0.3) is 0 Å². The topological polar surface area (TPSA) is 62.2 Å². The molecular weight excluding hydrogens is 165 g/mol. The van der Waals surface area contributed by atoms with Crippen LogP contribution in [-0.2, 0) is 11.3 Å². The van der Waals surface area contributed by atoms with Gasteiger partial charge in [-0.1, -0.05) is 6.07 Å². The van der Waals surface area contributed by atoms with Crippen molar-refractivity contribution in [1.29, 1.82) is 0 Å². The van der Waals surface area contributed by atoms with E-state index in [1.807, 2.05) is 0 Å². The van der Waals surface area contributed by atoms with Gasteiger partial charge >= 0.3 is 18.9 Å². The van der Waals surface area contributed by atoms with Crippen molar-refractivity contribution >= 4 is 5.97 Å². The number of aromatic carboxylic acids is 1. The predicted molar refractivity (Wildman–Crippen MR) is 39.3 cm³/mol. The first-order valence-corrected chi connectivity index (χ1v) is 3.39. The summed E-state index contributed by atoms with van der Waals surface area (Å²) in [7, 11) is 1.56. The number of carbonyl (C=O) groups excluding carboxylic acids is 1. The van der Waals surface area contributed by atoms with Crippen molar-refractivity contribution < 1.29 is 33.5 Å². The van der Waals surface area contributed by atoms with Crippen LogP contribution in [0.5, 0.6) is 0 Å². The molecule has 1 rings (SSSR count). The molecule has 0 atom stereocenters. The van der Waals surface area contributed by atoms with Gasteiger partial charge in [-0.15, -0.1) is 0 Å². The summed E-state index contributed by atoms with van der Waals surface area (Å²) in [5.41, 5.74) is 0.775. The summed E-state index contributed by atoms with van der Waals surface area (Å²) in [5.74, 6) is -1.26. The zero-order chi connectivity index (χ0) is 8.97. The van der Waals surface area contributed by atoms with Crippen LogP contribution in [0.2, 0.25) is 0 Å². The second-order valence-corrected chi connectivity index (χ2v) is 2.27. The number of hydrogen-bond acceptors (Lipinski definition) is 4. The normalized spacial score (nSPS) is 9.00. The van der Waals surface area contributed by atoms with Crippen LogP contribution in [0.4, 0.5) is 0 Å². The zero-order valence-electron chi connectivity index (χ0n) is 7.61. The number of pyridine rings is 1. The van der Waals surface area contributed by atoms with Crippen LogP contribution >= 0.6 is 0 Å². The number of hydrogen-bond donors (Lipinski definition) is 0. The second kappa shape index (κ2) is 5.76. The van der Waals surface area contributed by atoms with Crippen LogP contribution in [-0.4, -0.2) is 18.1 Å². The molecule has 0 fully saturated rings. The molecule has 0 saturated heterocycles. The molecule has 5 heteroatoms. The third-order valence-corrected chi connectivity index (χ3v) is 1.34.